The summed E-state index contributed by atoms with van der Waals surface area (Å²) in [4.78, 5) is 13.8. The highest BCUT2D eigenvalue weighted by molar-refractivity contribution is 7.89. The van der Waals surface area contributed by atoms with Crippen LogP contribution in [0.1, 0.15) is 19.8 Å². The van der Waals surface area contributed by atoms with Crippen molar-refractivity contribution in [1.29, 1.82) is 0 Å². The molecule has 0 N–H and O–H groups in total. The zero-order valence-electron chi connectivity index (χ0n) is 15.2. The average Bonchev–Trinajstić information content (AvgIpc) is 2.94. The monoisotopic (exact) mass is 384 g/mol. The van der Waals surface area contributed by atoms with Crippen LogP contribution in [-0.2, 0) is 19.6 Å². The molecule has 1 unspecified atom stereocenters. The molecule has 0 saturated carbocycles. The average molecular weight is 384 g/mol. The largest absolute Gasteiger partial charge is 0.384 e. The number of carbonyl (C=O) groups is 1. The minimum absolute atomic E-state index is 0.0457. The summed E-state index contributed by atoms with van der Waals surface area (Å²) < 4.78 is 45.5. The summed E-state index contributed by atoms with van der Waals surface area (Å²) in [5.74, 6) is -0.198. The van der Waals surface area contributed by atoms with E-state index in [0.717, 1.165) is 12.1 Å². The minimum Gasteiger partial charge on any atom is -0.384 e. The van der Waals surface area contributed by atoms with E-state index >= 15 is 0 Å². The lowest BCUT2D eigenvalue weighted by molar-refractivity contribution is -0.128. The maximum absolute atomic E-state index is 13.1. The Morgan fingerprint density at radius 1 is 1.27 bits per heavy atom. The van der Waals surface area contributed by atoms with Crippen LogP contribution in [0, 0.1) is 17.2 Å². The molecule has 1 spiro atoms. The van der Waals surface area contributed by atoms with Gasteiger partial charge in [-0.05, 0) is 42.5 Å². The SMILES string of the molecule is COCC1CN(C(C)=O)CC12CCN(S(=O)(=O)c1ccc(F)cc1)CC2. The summed E-state index contributed by atoms with van der Waals surface area (Å²) in [6.07, 6.45) is 1.37. The number of rotatable bonds is 4. The van der Waals surface area contributed by atoms with Crippen LogP contribution >= 0.6 is 0 Å². The molecule has 3 rings (SSSR count). The lowest BCUT2D eigenvalue weighted by Gasteiger charge is -2.41. The highest BCUT2D eigenvalue weighted by Crippen LogP contribution is 2.45. The molecular formula is C18H25FN2O4S. The maximum Gasteiger partial charge on any atom is 0.243 e. The number of piperidine rings is 1. The number of likely N-dealkylation sites (tertiary alicyclic amines) is 1. The zero-order chi connectivity index (χ0) is 18.9. The Bertz CT molecular complexity index is 758. The van der Waals surface area contributed by atoms with E-state index in [0.29, 0.717) is 45.6 Å². The third-order valence-corrected chi connectivity index (χ3v) is 7.71. The van der Waals surface area contributed by atoms with Gasteiger partial charge in [0, 0.05) is 46.1 Å². The molecule has 2 saturated heterocycles. The van der Waals surface area contributed by atoms with Crippen LogP contribution in [0.5, 0.6) is 0 Å². The second-order valence-electron chi connectivity index (χ2n) is 7.27. The summed E-state index contributed by atoms with van der Waals surface area (Å²) >= 11 is 0. The van der Waals surface area contributed by atoms with Crippen molar-refractivity contribution in [2.24, 2.45) is 11.3 Å². The van der Waals surface area contributed by atoms with Gasteiger partial charge in [0.25, 0.3) is 0 Å². The van der Waals surface area contributed by atoms with Gasteiger partial charge in [0.1, 0.15) is 5.82 Å². The number of halogens is 1. The topological polar surface area (TPSA) is 66.9 Å². The Kier molecular flexibility index (Phi) is 5.37. The second-order valence-corrected chi connectivity index (χ2v) is 9.21. The first-order chi connectivity index (χ1) is 12.3. The molecule has 0 aromatic heterocycles. The Balaban J connectivity index is 1.75. The van der Waals surface area contributed by atoms with Gasteiger partial charge in [-0.25, -0.2) is 12.8 Å². The molecule has 1 amide bonds. The van der Waals surface area contributed by atoms with Crippen LogP contribution in [0.3, 0.4) is 0 Å². The highest BCUT2D eigenvalue weighted by atomic mass is 32.2. The lowest BCUT2D eigenvalue weighted by Crippen LogP contribution is -2.47. The molecule has 8 heteroatoms. The number of carbonyl (C=O) groups excluding carboxylic acids is 1. The Morgan fingerprint density at radius 3 is 2.42 bits per heavy atom. The number of methoxy groups -OCH3 is 1. The lowest BCUT2D eigenvalue weighted by atomic mass is 9.71. The number of benzene rings is 1. The maximum atomic E-state index is 13.1. The van der Waals surface area contributed by atoms with E-state index in [1.807, 2.05) is 4.90 Å². The van der Waals surface area contributed by atoms with Crippen molar-refractivity contribution in [2.45, 2.75) is 24.7 Å². The standard InChI is InChI=1S/C18H25FN2O4S/c1-14(22)20-11-15(12-25-2)18(13-20)7-9-21(10-8-18)26(23,24)17-5-3-16(19)4-6-17/h3-6,15H,7-13H2,1-2H3. The number of ether oxygens (including phenoxy) is 1. The van der Waals surface area contributed by atoms with E-state index in [9.17, 15) is 17.6 Å². The summed E-state index contributed by atoms with van der Waals surface area (Å²) in [5, 5.41) is 0. The molecule has 1 aromatic carbocycles. The van der Waals surface area contributed by atoms with Crippen molar-refractivity contribution in [3.05, 3.63) is 30.1 Å². The van der Waals surface area contributed by atoms with Gasteiger partial charge < -0.3 is 9.64 Å². The minimum atomic E-state index is -3.63. The van der Waals surface area contributed by atoms with Gasteiger partial charge in [-0.2, -0.15) is 4.31 Å². The van der Waals surface area contributed by atoms with Gasteiger partial charge in [-0.15, -0.1) is 0 Å². The second kappa shape index (κ2) is 7.25. The van der Waals surface area contributed by atoms with Crippen molar-refractivity contribution < 1.29 is 22.3 Å². The molecule has 2 aliphatic rings. The molecular weight excluding hydrogens is 359 g/mol. The van der Waals surface area contributed by atoms with Gasteiger partial charge in [0.05, 0.1) is 11.5 Å². The van der Waals surface area contributed by atoms with Crippen molar-refractivity contribution >= 4 is 15.9 Å². The quantitative estimate of drug-likeness (QED) is 0.793. The predicted molar refractivity (Wildman–Crippen MR) is 94.4 cm³/mol. The molecule has 144 valence electrons. The fourth-order valence-electron chi connectivity index (χ4n) is 4.20. The first-order valence-corrected chi connectivity index (χ1v) is 10.2. The Labute approximate surface area is 154 Å². The molecule has 2 aliphatic heterocycles. The van der Waals surface area contributed by atoms with E-state index < -0.39 is 15.8 Å². The van der Waals surface area contributed by atoms with Gasteiger partial charge in [-0.3, -0.25) is 4.79 Å². The third kappa shape index (κ3) is 3.50. The van der Waals surface area contributed by atoms with Crippen LogP contribution in [-0.4, -0.2) is 63.4 Å². The Morgan fingerprint density at radius 2 is 1.88 bits per heavy atom. The Hall–Kier alpha value is -1.51. The molecule has 26 heavy (non-hydrogen) atoms. The van der Waals surface area contributed by atoms with E-state index in [-0.39, 0.29) is 22.1 Å². The van der Waals surface area contributed by atoms with Crippen LogP contribution < -0.4 is 0 Å². The fourth-order valence-corrected chi connectivity index (χ4v) is 5.64. The first-order valence-electron chi connectivity index (χ1n) is 8.79. The molecule has 0 bridgehead atoms. The van der Waals surface area contributed by atoms with Gasteiger partial charge in [-0.1, -0.05) is 0 Å². The van der Waals surface area contributed by atoms with Crippen LogP contribution in [0.4, 0.5) is 4.39 Å². The third-order valence-electron chi connectivity index (χ3n) is 5.80. The zero-order valence-corrected chi connectivity index (χ0v) is 16.0. The number of sulfonamides is 1. The van der Waals surface area contributed by atoms with E-state index in [1.165, 1.54) is 16.4 Å². The molecule has 0 radical (unpaired) electrons. The molecule has 6 nitrogen and oxygen atoms in total. The van der Waals surface area contributed by atoms with Gasteiger partial charge >= 0.3 is 0 Å². The summed E-state index contributed by atoms with van der Waals surface area (Å²) in [5.41, 5.74) is -0.101. The van der Waals surface area contributed by atoms with E-state index in [2.05, 4.69) is 0 Å². The normalized spacial score (nSPS) is 23.5. The predicted octanol–water partition coefficient (Wildman–Crippen LogP) is 1.72. The summed E-state index contributed by atoms with van der Waals surface area (Å²) in [6.45, 7) is 4.23. The van der Waals surface area contributed by atoms with Gasteiger partial charge in [0.2, 0.25) is 15.9 Å². The van der Waals surface area contributed by atoms with Crippen LogP contribution in [0.15, 0.2) is 29.2 Å². The van der Waals surface area contributed by atoms with Crippen molar-refractivity contribution in [3.8, 4) is 0 Å². The molecule has 0 aliphatic carbocycles. The summed E-state index contributed by atoms with van der Waals surface area (Å²) in [6, 6.07) is 4.93. The smallest absolute Gasteiger partial charge is 0.243 e. The summed E-state index contributed by atoms with van der Waals surface area (Å²) in [7, 11) is -1.98. The number of amides is 1. The van der Waals surface area contributed by atoms with E-state index in [1.54, 1.807) is 14.0 Å². The fraction of sp³-hybridized carbons (Fsp3) is 0.611. The molecule has 1 aromatic rings. The number of hydrogen-bond donors (Lipinski definition) is 0. The highest BCUT2D eigenvalue weighted by Gasteiger charge is 2.49. The van der Waals surface area contributed by atoms with Crippen molar-refractivity contribution in [3.63, 3.8) is 0 Å². The molecule has 2 heterocycles. The van der Waals surface area contributed by atoms with Gasteiger partial charge in [0.15, 0.2) is 0 Å². The first kappa shape index (κ1) is 19.3. The molecule has 1 atom stereocenters. The number of hydrogen-bond acceptors (Lipinski definition) is 4. The number of nitrogens with zero attached hydrogens (tertiary/aromatic N) is 2. The van der Waals surface area contributed by atoms with Crippen LogP contribution in [0.25, 0.3) is 0 Å². The molecule has 2 fully saturated rings. The van der Waals surface area contributed by atoms with E-state index in [4.69, 9.17) is 4.74 Å². The van der Waals surface area contributed by atoms with Crippen LogP contribution in [0.2, 0.25) is 0 Å². The van der Waals surface area contributed by atoms with Crippen molar-refractivity contribution in [2.75, 3.05) is 39.9 Å². The van der Waals surface area contributed by atoms with Crippen molar-refractivity contribution in [1.82, 2.24) is 9.21 Å².